The maximum Gasteiger partial charge on any atom is 0.347 e. The molecule has 0 radical (unpaired) electrons. The fourth-order valence-electron chi connectivity index (χ4n) is 7.94. The van der Waals surface area contributed by atoms with E-state index < -0.39 is 96.4 Å². The Morgan fingerprint density at radius 1 is 0.921 bits per heavy atom. The molecule has 0 amide bonds. The number of rotatable bonds is 19. The van der Waals surface area contributed by atoms with E-state index in [1.165, 1.54) is 13.0 Å². The Hall–Kier alpha value is -3.40. The summed E-state index contributed by atoms with van der Waals surface area (Å²) in [6, 6.07) is 9.73. The van der Waals surface area contributed by atoms with E-state index in [0.717, 1.165) is 18.4 Å². The molecule has 14 heteroatoms. The minimum Gasteiger partial charge on any atom is -0.458 e. The van der Waals surface area contributed by atoms with Crippen molar-refractivity contribution in [2.75, 3.05) is 6.61 Å². The quantitative estimate of drug-likeness (QED) is 0.0447. The number of esters is 4. The molecule has 1 aromatic carbocycles. The molecule has 2 fully saturated rings. The second kappa shape index (κ2) is 20.4. The van der Waals surface area contributed by atoms with Crippen LogP contribution in [0.2, 0.25) is 18.1 Å². The Labute approximate surface area is 377 Å². The average Bonchev–Trinajstić information content (AvgIpc) is 3.37. The Morgan fingerprint density at radius 2 is 1.49 bits per heavy atom. The van der Waals surface area contributed by atoms with Crippen molar-refractivity contribution in [1.82, 2.24) is 0 Å². The van der Waals surface area contributed by atoms with Gasteiger partial charge in [-0.3, -0.25) is 4.79 Å². The molecule has 63 heavy (non-hydrogen) atoms. The molecule has 356 valence electrons. The Kier molecular flexibility index (Phi) is 17.5. The van der Waals surface area contributed by atoms with Crippen molar-refractivity contribution in [3.8, 4) is 0 Å². The largest absolute Gasteiger partial charge is 0.458 e. The predicted molar refractivity (Wildman–Crippen MR) is 243 cm³/mol. The zero-order valence-electron chi connectivity index (χ0n) is 40.9. The molecule has 2 saturated heterocycles. The van der Waals surface area contributed by atoms with Crippen LogP contribution in [-0.4, -0.2) is 102 Å². The number of allylic oxidation sites excluding steroid dienone is 1. The first kappa shape index (κ1) is 53.9. The van der Waals surface area contributed by atoms with E-state index in [2.05, 4.69) is 20.4 Å². The predicted octanol–water partition coefficient (Wildman–Crippen LogP) is 8.33. The van der Waals surface area contributed by atoms with E-state index in [1.807, 2.05) is 78.0 Å². The van der Waals surface area contributed by atoms with Crippen LogP contribution in [0.3, 0.4) is 0 Å². The highest BCUT2D eigenvalue weighted by Crippen LogP contribution is 2.59. The average molecular weight is 903 g/mol. The molecular weight excluding hydrogens is 825 g/mol. The van der Waals surface area contributed by atoms with Gasteiger partial charge < -0.3 is 43.1 Å². The van der Waals surface area contributed by atoms with Gasteiger partial charge in [-0.2, -0.15) is 0 Å². The maximum atomic E-state index is 15.3. The van der Waals surface area contributed by atoms with Crippen molar-refractivity contribution < 1.29 is 62.2 Å². The highest BCUT2D eigenvalue weighted by atomic mass is 28.4. The van der Waals surface area contributed by atoms with Gasteiger partial charge in [0.2, 0.25) is 11.2 Å². The minimum absolute atomic E-state index is 0.0234. The summed E-state index contributed by atoms with van der Waals surface area (Å²) in [5.74, 6) is -6.09. The van der Waals surface area contributed by atoms with Crippen molar-refractivity contribution >= 4 is 32.2 Å². The molecule has 2 N–H and O–H groups in total. The maximum absolute atomic E-state index is 15.3. The lowest BCUT2D eigenvalue weighted by atomic mass is 9.74. The lowest BCUT2D eigenvalue weighted by Crippen LogP contribution is -2.78. The molecule has 0 aromatic heterocycles. The smallest absolute Gasteiger partial charge is 0.347 e. The molecule has 10 atom stereocenters. The van der Waals surface area contributed by atoms with Crippen molar-refractivity contribution in [2.24, 2.45) is 17.8 Å². The molecule has 1 aromatic rings. The molecular formula is C49H78O13Si. The second-order valence-electron chi connectivity index (χ2n) is 21.3. The molecule has 2 aliphatic heterocycles. The first-order chi connectivity index (χ1) is 28.8. The fourth-order valence-corrected chi connectivity index (χ4v) is 9.23. The second-order valence-corrected chi connectivity index (χ2v) is 26.1. The van der Waals surface area contributed by atoms with Crippen molar-refractivity contribution in [3.05, 3.63) is 60.2 Å². The summed E-state index contributed by atoms with van der Waals surface area (Å²) in [4.78, 5) is 56.8. The van der Waals surface area contributed by atoms with Crippen LogP contribution < -0.4 is 0 Å². The highest BCUT2D eigenvalue weighted by Gasteiger charge is 2.86. The lowest BCUT2D eigenvalue weighted by molar-refractivity contribution is -0.384. The van der Waals surface area contributed by atoms with Crippen LogP contribution in [0, 0.1) is 17.8 Å². The Balaban J connectivity index is 2.40. The third kappa shape index (κ3) is 12.7. The molecule has 2 aliphatic rings. The van der Waals surface area contributed by atoms with Crippen molar-refractivity contribution in [2.45, 2.75) is 200 Å². The van der Waals surface area contributed by atoms with Crippen LogP contribution in [0.1, 0.15) is 128 Å². The van der Waals surface area contributed by atoms with Gasteiger partial charge in [0.1, 0.15) is 29.5 Å². The molecule has 0 spiro atoms. The number of carbonyl (C=O) groups is 4. The summed E-state index contributed by atoms with van der Waals surface area (Å²) < 4.78 is 44.8. The third-order valence-electron chi connectivity index (χ3n) is 12.3. The van der Waals surface area contributed by atoms with Crippen LogP contribution in [0.25, 0.3) is 0 Å². The first-order valence-corrected chi connectivity index (χ1v) is 25.3. The van der Waals surface area contributed by atoms with Crippen LogP contribution in [0.5, 0.6) is 0 Å². The molecule has 2 bridgehead atoms. The summed E-state index contributed by atoms with van der Waals surface area (Å²) in [5, 5.41) is 23.8. The van der Waals surface area contributed by atoms with Crippen molar-refractivity contribution in [3.63, 3.8) is 0 Å². The van der Waals surface area contributed by atoms with Crippen LogP contribution in [-0.2, 0) is 58.4 Å². The van der Waals surface area contributed by atoms with E-state index in [1.54, 1.807) is 47.6 Å². The molecule has 0 unspecified atom stereocenters. The molecule has 13 nitrogen and oxygen atoms in total. The number of aliphatic hydroxyl groups excluding tert-OH is 1. The van der Waals surface area contributed by atoms with Gasteiger partial charge in [0.15, 0.2) is 20.2 Å². The van der Waals surface area contributed by atoms with E-state index in [4.69, 9.17) is 32.8 Å². The first-order valence-electron chi connectivity index (χ1n) is 22.4. The zero-order valence-corrected chi connectivity index (χ0v) is 41.9. The van der Waals surface area contributed by atoms with Crippen LogP contribution >= 0.6 is 0 Å². The summed E-state index contributed by atoms with van der Waals surface area (Å²) in [6.07, 6.45) is -1.06. The number of ether oxygens (including phenoxy) is 6. The summed E-state index contributed by atoms with van der Waals surface area (Å²) >= 11 is 0. The number of benzene rings is 1. The normalized spacial score (nSPS) is 27.2. The number of fused-ring (bicyclic) bond motifs is 2. The molecule has 2 heterocycles. The van der Waals surface area contributed by atoms with Gasteiger partial charge >= 0.3 is 23.9 Å². The topological polar surface area (TPSA) is 173 Å². The number of hydrogen-bond donors (Lipinski definition) is 2. The van der Waals surface area contributed by atoms with Crippen LogP contribution in [0.4, 0.5) is 0 Å². The lowest BCUT2D eigenvalue weighted by Gasteiger charge is -2.52. The summed E-state index contributed by atoms with van der Waals surface area (Å²) in [6.45, 7) is 32.2. The van der Waals surface area contributed by atoms with Gasteiger partial charge in [0.05, 0.1) is 6.61 Å². The van der Waals surface area contributed by atoms with E-state index in [-0.39, 0.29) is 24.7 Å². The molecule has 0 aliphatic carbocycles. The summed E-state index contributed by atoms with van der Waals surface area (Å²) in [5.41, 5.74) is -7.10. The van der Waals surface area contributed by atoms with E-state index in [0.29, 0.717) is 17.9 Å². The van der Waals surface area contributed by atoms with Gasteiger partial charge in [-0.05, 0) is 102 Å². The summed E-state index contributed by atoms with van der Waals surface area (Å²) in [7, 11) is -3.02. The Morgan fingerprint density at radius 3 is 2.00 bits per heavy atom. The van der Waals surface area contributed by atoms with E-state index >= 15 is 4.79 Å². The molecule has 3 rings (SSSR count). The van der Waals surface area contributed by atoms with Crippen molar-refractivity contribution in [1.29, 1.82) is 0 Å². The molecule has 0 saturated carbocycles. The van der Waals surface area contributed by atoms with E-state index in [9.17, 15) is 24.6 Å². The van der Waals surface area contributed by atoms with Gasteiger partial charge in [0.25, 0.3) is 0 Å². The zero-order chi connectivity index (χ0) is 48.1. The standard InChI is InChI=1S/C49H78O13Si/c1-18-31(2)28-32(3)24-25-38(52)57-41-40(61-63(16,17)46(13,14)15)47(27-26-33(4)39(56-35(6)51)34(5)29-36-22-20-19-21-23-36)58-37(30-50)48(55,42(53)59-44(7,8)9)49(41,62-47)43(54)60-45(10,11)12/h19-25,31-32,34,37,39-41,50,55H,4,18,26-30H2,1-3,5-17H3/b25-24+/t31-,32+,34+,37+,39+,40+,41+,47-,48+,49-/m0/s1. The van der Waals surface area contributed by atoms with Gasteiger partial charge in [-0.25, -0.2) is 14.4 Å². The minimum atomic E-state index is -3.19. The number of hydrogen-bond acceptors (Lipinski definition) is 13. The SMILES string of the molecule is C=C(CC[C@]12O[C@H](CO)[C@@](O)(C(=O)OC(C)(C)C)[C@](C(=O)OC(C)(C)C)(O1)[C@H](OC(=O)/C=C/[C@@H](C)C[C@@H](C)CC)[C@H]2O[Si](C)(C)C(C)(C)C)[C@@H](OC(C)=O)[C@H](C)Cc1ccccc1. The Bertz CT molecular complexity index is 1790. The third-order valence-corrected chi connectivity index (χ3v) is 16.8. The fraction of sp³-hybridized carbons (Fsp3) is 0.714. The van der Waals surface area contributed by atoms with Gasteiger partial charge in [0, 0.05) is 25.3 Å². The highest BCUT2D eigenvalue weighted by molar-refractivity contribution is 6.74. The van der Waals surface area contributed by atoms with Crippen LogP contribution in [0.15, 0.2) is 54.6 Å². The van der Waals surface area contributed by atoms with Gasteiger partial charge in [-0.15, -0.1) is 0 Å². The number of carbonyl (C=O) groups excluding carboxylic acids is 4. The monoisotopic (exact) mass is 903 g/mol. The number of aliphatic hydroxyl groups is 2. The van der Waals surface area contributed by atoms with Gasteiger partial charge in [-0.1, -0.05) is 97.9 Å².